The van der Waals surface area contributed by atoms with E-state index in [1.807, 2.05) is 0 Å². The zero-order valence-corrected chi connectivity index (χ0v) is 63.4. The van der Waals surface area contributed by atoms with E-state index in [0.717, 1.165) is 66.7 Å². The average molecular weight is 1690 g/mol. The van der Waals surface area contributed by atoms with E-state index in [9.17, 15) is 94.8 Å². The fraction of sp³-hybridized carbons (Fsp3) is 0. The number of ketones is 7. The Balaban J connectivity index is 0.000000179. The van der Waals surface area contributed by atoms with Gasteiger partial charge in [0.25, 0.3) is 0 Å². The van der Waals surface area contributed by atoms with Gasteiger partial charge in [0.15, 0.2) is 121 Å². The standard InChI is InChI=1S/5C13H10O5.2C13H10O4/c14-8-2-3-9(11(16)6-8)13(18)7-1-4-10(15)12(17)5-7;14-7-1-3-9(11(16)5-7)13(18)10-4-2-8(15)6-12(10)17;2*14-9-3-1-7(5-11(9)16)13(18)8-2-4-10(15)12(17)6-8;14-8-3-1-7(2-4-8)13(18)9-5-11(16)12(17)6-10(9)15;14-10-4-1-8(2-5-10)13(17)9-3-6-11(15)12(16)7-9;14-9-3-1-8(2-4-9)13(17)11-6-5-10(15)7-12(11)16/h5*1-6,14-17H;2*1-7,14-16H. The van der Waals surface area contributed by atoms with Crippen LogP contribution < -0.4 is 0 Å². The molecule has 0 fully saturated rings. The van der Waals surface area contributed by atoms with Crippen molar-refractivity contribution >= 4 is 40.5 Å². The number of aromatic hydroxyl groups is 26. The Morgan fingerprint density at radius 3 is 0.508 bits per heavy atom. The highest BCUT2D eigenvalue weighted by molar-refractivity contribution is 6.15. The monoisotopic (exact) mass is 1690 g/mol. The molecule has 0 unspecified atom stereocenters. The molecule has 33 heteroatoms. The van der Waals surface area contributed by atoms with Crippen LogP contribution in [0.4, 0.5) is 0 Å². The van der Waals surface area contributed by atoms with E-state index in [-0.39, 0.29) is 182 Å². The van der Waals surface area contributed by atoms with Gasteiger partial charge in [-0.1, -0.05) is 0 Å². The van der Waals surface area contributed by atoms with Crippen molar-refractivity contribution < 1.29 is 166 Å². The van der Waals surface area contributed by atoms with Gasteiger partial charge in [0.05, 0.1) is 27.8 Å². The largest absolute Gasteiger partial charge is 0.508 e. The normalized spacial score (nSPS) is 10.2. The Hall–Kier alpha value is -18.4. The van der Waals surface area contributed by atoms with Gasteiger partial charge in [0.2, 0.25) is 0 Å². The molecule has 14 aromatic rings. The number of hydrogen-bond donors (Lipinski definition) is 26. The SMILES string of the molecule is O=C(c1ccc(O)c(O)c1)c1ccc(O)c(O)c1.O=C(c1ccc(O)c(O)c1)c1ccc(O)c(O)c1.O=C(c1ccc(O)c(O)c1)c1ccc(O)cc1O.O=C(c1ccc(O)cc1)c1cc(O)c(O)cc1O.O=C(c1ccc(O)cc1)c1ccc(O)c(O)c1.O=C(c1ccc(O)cc1)c1ccc(O)cc1O.O=C(c1ccc(O)cc1O)c1ccc(O)cc1O. The fourth-order valence-electron chi connectivity index (χ4n) is 10.5. The van der Waals surface area contributed by atoms with E-state index in [4.69, 9.17) is 71.5 Å². The maximum Gasteiger partial charge on any atom is 0.200 e. The lowest BCUT2D eigenvalue weighted by Gasteiger charge is -2.06. The summed E-state index contributed by atoms with van der Waals surface area (Å²) in [6.07, 6.45) is 0. The quantitative estimate of drug-likeness (QED) is 0.0273. The van der Waals surface area contributed by atoms with Crippen molar-refractivity contribution in [2.75, 3.05) is 0 Å². The number of carbonyl (C=O) groups is 7. The van der Waals surface area contributed by atoms with Crippen LogP contribution in [0.1, 0.15) is 111 Å². The summed E-state index contributed by atoms with van der Waals surface area (Å²) in [6, 6.07) is 55.5. The number of phenols is 26. The molecule has 0 saturated carbocycles. The van der Waals surface area contributed by atoms with E-state index in [2.05, 4.69) is 0 Å². The molecule has 0 bridgehead atoms. The van der Waals surface area contributed by atoms with Crippen LogP contribution in [0.15, 0.2) is 267 Å². The number of benzene rings is 14. The Labute approximate surface area is 698 Å². The van der Waals surface area contributed by atoms with Crippen molar-refractivity contribution in [3.8, 4) is 149 Å². The second-order valence-electron chi connectivity index (χ2n) is 25.8. The van der Waals surface area contributed by atoms with Crippen molar-refractivity contribution in [1.29, 1.82) is 0 Å². The van der Waals surface area contributed by atoms with Gasteiger partial charge in [0.1, 0.15) is 69.0 Å². The molecule has 632 valence electrons. The Morgan fingerprint density at radius 2 is 0.274 bits per heavy atom. The van der Waals surface area contributed by atoms with Crippen LogP contribution in [0.5, 0.6) is 149 Å². The first kappa shape index (κ1) is 91.1. The predicted octanol–water partition coefficient (Wildman–Crippen LogP) is 12.8. The third-order valence-electron chi connectivity index (χ3n) is 17.1. The first-order chi connectivity index (χ1) is 58.6. The molecule has 0 aliphatic heterocycles. The van der Waals surface area contributed by atoms with Gasteiger partial charge in [0, 0.05) is 80.4 Å². The molecule has 0 atom stereocenters. The van der Waals surface area contributed by atoms with E-state index in [0.29, 0.717) is 11.1 Å². The molecule has 0 amide bonds. The van der Waals surface area contributed by atoms with Crippen LogP contribution in [0.3, 0.4) is 0 Å². The smallest absolute Gasteiger partial charge is 0.200 e. The first-order valence-corrected chi connectivity index (χ1v) is 35.2. The van der Waals surface area contributed by atoms with Crippen LogP contribution in [-0.4, -0.2) is 173 Å². The van der Waals surface area contributed by atoms with Crippen molar-refractivity contribution in [1.82, 2.24) is 0 Å². The van der Waals surface area contributed by atoms with Crippen LogP contribution in [0, 0.1) is 0 Å². The summed E-state index contributed by atoms with van der Waals surface area (Å²) in [5.74, 6) is -10.7. The zero-order chi connectivity index (χ0) is 91.2. The van der Waals surface area contributed by atoms with Crippen LogP contribution in [-0.2, 0) is 0 Å². The zero-order valence-electron chi connectivity index (χ0n) is 63.4. The minimum Gasteiger partial charge on any atom is -0.508 e. The number of hydrogen-bond acceptors (Lipinski definition) is 33. The van der Waals surface area contributed by atoms with Gasteiger partial charge in [-0.3, -0.25) is 33.6 Å². The Kier molecular flexibility index (Phi) is 29.7. The second-order valence-corrected chi connectivity index (χ2v) is 25.8. The van der Waals surface area contributed by atoms with Crippen molar-refractivity contribution in [2.45, 2.75) is 0 Å². The lowest BCUT2D eigenvalue weighted by Crippen LogP contribution is -2.01. The summed E-state index contributed by atoms with van der Waals surface area (Å²) in [5, 5.41) is 241. The van der Waals surface area contributed by atoms with Gasteiger partial charge >= 0.3 is 0 Å². The lowest BCUT2D eigenvalue weighted by atomic mass is 10.0. The molecular weight excluding hydrogens is 1620 g/mol. The first-order valence-electron chi connectivity index (χ1n) is 35.2. The van der Waals surface area contributed by atoms with Gasteiger partial charge in [-0.15, -0.1) is 0 Å². The summed E-state index contributed by atoms with van der Waals surface area (Å²) in [6.45, 7) is 0. The topological polar surface area (TPSA) is 645 Å². The van der Waals surface area contributed by atoms with Crippen molar-refractivity contribution in [2.24, 2.45) is 0 Å². The molecule has 0 saturated heterocycles. The summed E-state index contributed by atoms with van der Waals surface area (Å²) in [7, 11) is 0. The molecule has 26 N–H and O–H groups in total. The third kappa shape index (κ3) is 23.9. The predicted molar refractivity (Wildman–Crippen MR) is 438 cm³/mol. The average Bonchev–Trinajstić information content (AvgIpc) is 0.842. The van der Waals surface area contributed by atoms with Gasteiger partial charge in [-0.25, -0.2) is 0 Å². The minimum absolute atomic E-state index is 0.00195. The van der Waals surface area contributed by atoms with Gasteiger partial charge in [-0.05, 0) is 237 Å². The van der Waals surface area contributed by atoms with Crippen LogP contribution in [0.25, 0.3) is 0 Å². The van der Waals surface area contributed by atoms with Crippen molar-refractivity contribution in [3.63, 3.8) is 0 Å². The fourth-order valence-corrected chi connectivity index (χ4v) is 10.5. The summed E-state index contributed by atoms with van der Waals surface area (Å²) in [4.78, 5) is 83.9. The van der Waals surface area contributed by atoms with Crippen LogP contribution in [0.2, 0.25) is 0 Å². The highest BCUT2D eigenvalue weighted by Gasteiger charge is 2.23. The molecule has 0 radical (unpaired) electrons. The molecule has 0 aliphatic rings. The highest BCUT2D eigenvalue weighted by Crippen LogP contribution is 2.38. The number of carbonyl (C=O) groups excluding carboxylic acids is 7. The van der Waals surface area contributed by atoms with Gasteiger partial charge in [-0.2, -0.15) is 0 Å². The second kappa shape index (κ2) is 40.4. The van der Waals surface area contributed by atoms with E-state index in [1.165, 1.54) is 200 Å². The molecule has 0 aliphatic carbocycles. The molecule has 33 nitrogen and oxygen atoms in total. The maximum absolute atomic E-state index is 12.0. The number of phenolic OH excluding ortho intramolecular Hbond substituents is 26. The summed E-state index contributed by atoms with van der Waals surface area (Å²) in [5.41, 5.74) is 1.91. The lowest BCUT2D eigenvalue weighted by molar-refractivity contribution is 0.102. The van der Waals surface area contributed by atoms with Crippen LogP contribution >= 0.6 is 0 Å². The van der Waals surface area contributed by atoms with E-state index >= 15 is 0 Å². The Bertz CT molecular complexity index is 6070. The van der Waals surface area contributed by atoms with E-state index < -0.39 is 74.9 Å². The third-order valence-corrected chi connectivity index (χ3v) is 17.1. The Morgan fingerprint density at radius 1 is 0.113 bits per heavy atom. The molecule has 124 heavy (non-hydrogen) atoms. The molecule has 14 aromatic carbocycles. The van der Waals surface area contributed by atoms with E-state index in [1.54, 1.807) is 0 Å². The molecule has 14 rings (SSSR count). The molecule has 0 heterocycles. The molecular formula is C91H70O33. The minimum atomic E-state index is -0.606. The highest BCUT2D eigenvalue weighted by atomic mass is 16.3. The van der Waals surface area contributed by atoms with Crippen molar-refractivity contribution in [3.05, 3.63) is 345 Å². The molecule has 0 aromatic heterocycles. The summed E-state index contributed by atoms with van der Waals surface area (Å²) < 4.78 is 0. The molecule has 0 spiro atoms. The number of rotatable bonds is 14. The summed E-state index contributed by atoms with van der Waals surface area (Å²) >= 11 is 0. The maximum atomic E-state index is 12.0. The van der Waals surface area contributed by atoms with Gasteiger partial charge < -0.3 is 133 Å².